The van der Waals surface area contributed by atoms with Crippen LogP contribution >= 0.6 is 0 Å². The number of nitrogens with zero attached hydrogens (tertiary/aromatic N) is 2. The third kappa shape index (κ3) is 2.46. The number of carbonyl (C=O) groups is 1. The first kappa shape index (κ1) is 12.2. The molecule has 3 heterocycles. The van der Waals surface area contributed by atoms with Crippen LogP contribution in [0.3, 0.4) is 0 Å². The molecule has 0 saturated carbocycles. The van der Waals surface area contributed by atoms with Crippen molar-refractivity contribution in [2.45, 2.75) is 19.8 Å². The third-order valence-electron chi connectivity index (χ3n) is 3.47. The lowest BCUT2D eigenvalue weighted by atomic mass is 10.0. The third-order valence-corrected chi connectivity index (χ3v) is 3.47. The summed E-state index contributed by atoms with van der Waals surface area (Å²) >= 11 is 0. The van der Waals surface area contributed by atoms with Gasteiger partial charge in [-0.1, -0.05) is 0 Å². The second-order valence-electron chi connectivity index (χ2n) is 4.97. The molecule has 1 amide bonds. The lowest BCUT2D eigenvalue weighted by Gasteiger charge is -2.21. The number of hydrogen-bond donors (Lipinski definition) is 1. The molecule has 1 N–H and O–H groups in total. The molecule has 5 nitrogen and oxygen atoms in total. The average molecular weight is 259 g/mol. The first-order chi connectivity index (χ1) is 9.24. The Morgan fingerprint density at radius 2 is 2.47 bits per heavy atom. The fourth-order valence-corrected chi connectivity index (χ4v) is 2.47. The topological polar surface area (TPSA) is 55.6 Å². The first-order valence-electron chi connectivity index (χ1n) is 6.56. The summed E-state index contributed by atoms with van der Waals surface area (Å²) in [5.41, 5.74) is 2.76. The molecular weight excluding hydrogens is 242 g/mol. The van der Waals surface area contributed by atoms with Gasteiger partial charge in [0.25, 0.3) is 0 Å². The maximum Gasteiger partial charge on any atom is 0.229 e. The van der Waals surface area contributed by atoms with Crippen LogP contribution in [0.1, 0.15) is 18.4 Å². The zero-order valence-electron chi connectivity index (χ0n) is 10.9. The lowest BCUT2D eigenvalue weighted by Crippen LogP contribution is -2.30. The standard InChI is InChI=1S/C14H17N3O2/c1-10-7-12(8-17-5-4-15-13(10)17)16-14(18)11-3-2-6-19-9-11/h4-5,7-8,11H,2-3,6,9H2,1H3,(H,16,18). The molecule has 0 bridgehead atoms. The van der Waals surface area contributed by atoms with E-state index in [2.05, 4.69) is 10.3 Å². The fraction of sp³-hybridized carbons (Fsp3) is 0.429. The van der Waals surface area contributed by atoms with E-state index in [9.17, 15) is 4.79 Å². The molecule has 1 unspecified atom stereocenters. The molecule has 0 radical (unpaired) electrons. The van der Waals surface area contributed by atoms with Gasteiger partial charge in [0, 0.05) is 25.2 Å². The second-order valence-corrected chi connectivity index (χ2v) is 4.97. The van der Waals surface area contributed by atoms with Gasteiger partial charge < -0.3 is 14.5 Å². The summed E-state index contributed by atoms with van der Waals surface area (Å²) in [6.45, 7) is 3.28. The van der Waals surface area contributed by atoms with E-state index in [1.165, 1.54) is 0 Å². The molecule has 1 aliphatic heterocycles. The first-order valence-corrected chi connectivity index (χ1v) is 6.56. The average Bonchev–Trinajstić information content (AvgIpc) is 2.88. The zero-order valence-corrected chi connectivity index (χ0v) is 10.9. The Kier molecular flexibility index (Phi) is 3.21. The molecule has 1 atom stereocenters. The van der Waals surface area contributed by atoms with Crippen LogP contribution in [-0.2, 0) is 9.53 Å². The van der Waals surface area contributed by atoms with Crippen molar-refractivity contribution < 1.29 is 9.53 Å². The summed E-state index contributed by atoms with van der Waals surface area (Å²) in [6, 6.07) is 1.95. The molecule has 0 aliphatic carbocycles. The molecule has 0 aromatic carbocycles. The Hall–Kier alpha value is -1.88. The number of hydrogen-bond acceptors (Lipinski definition) is 3. The number of rotatable bonds is 2. The SMILES string of the molecule is Cc1cc(NC(=O)C2CCCOC2)cn2ccnc12. The number of fused-ring (bicyclic) bond motifs is 1. The van der Waals surface area contributed by atoms with Crippen LogP contribution in [0, 0.1) is 12.8 Å². The summed E-state index contributed by atoms with van der Waals surface area (Å²) in [4.78, 5) is 16.4. The van der Waals surface area contributed by atoms with Crippen molar-refractivity contribution in [2.75, 3.05) is 18.5 Å². The maximum absolute atomic E-state index is 12.1. The number of imidazole rings is 1. The smallest absolute Gasteiger partial charge is 0.229 e. The van der Waals surface area contributed by atoms with Crippen LogP contribution in [-0.4, -0.2) is 28.5 Å². The monoisotopic (exact) mass is 259 g/mol. The molecule has 1 fully saturated rings. The van der Waals surface area contributed by atoms with Crippen LogP contribution in [0.5, 0.6) is 0 Å². The summed E-state index contributed by atoms with van der Waals surface area (Å²) in [7, 11) is 0. The molecular formula is C14H17N3O2. The molecule has 19 heavy (non-hydrogen) atoms. The van der Waals surface area contributed by atoms with Gasteiger partial charge in [0.1, 0.15) is 5.65 Å². The minimum atomic E-state index is -0.0347. The molecule has 5 heteroatoms. The van der Waals surface area contributed by atoms with Gasteiger partial charge in [-0.2, -0.15) is 0 Å². The van der Waals surface area contributed by atoms with Crippen molar-refractivity contribution in [2.24, 2.45) is 5.92 Å². The zero-order chi connectivity index (χ0) is 13.2. The van der Waals surface area contributed by atoms with Gasteiger partial charge in [0.15, 0.2) is 0 Å². The highest BCUT2D eigenvalue weighted by Crippen LogP contribution is 2.19. The molecule has 2 aromatic heterocycles. The fourth-order valence-electron chi connectivity index (χ4n) is 2.47. The highest BCUT2D eigenvalue weighted by molar-refractivity contribution is 5.92. The minimum absolute atomic E-state index is 0.0347. The minimum Gasteiger partial charge on any atom is -0.381 e. The Labute approximate surface area is 111 Å². The number of ether oxygens (including phenoxy) is 1. The van der Waals surface area contributed by atoms with Crippen LogP contribution in [0.2, 0.25) is 0 Å². The second kappa shape index (κ2) is 5.01. The number of aromatic nitrogens is 2. The highest BCUT2D eigenvalue weighted by atomic mass is 16.5. The van der Waals surface area contributed by atoms with Gasteiger partial charge in [-0.05, 0) is 31.4 Å². The summed E-state index contributed by atoms with van der Waals surface area (Å²) in [6.07, 6.45) is 7.37. The highest BCUT2D eigenvalue weighted by Gasteiger charge is 2.21. The molecule has 2 aromatic rings. The predicted octanol–water partition coefficient (Wildman–Crippen LogP) is 2.01. The molecule has 1 saturated heterocycles. The molecule has 100 valence electrons. The van der Waals surface area contributed by atoms with Gasteiger partial charge in [-0.3, -0.25) is 4.79 Å². The van der Waals surface area contributed by atoms with Crippen molar-refractivity contribution >= 4 is 17.2 Å². The van der Waals surface area contributed by atoms with E-state index in [0.29, 0.717) is 6.61 Å². The number of aryl methyl sites for hydroxylation is 1. The van der Waals surface area contributed by atoms with E-state index in [-0.39, 0.29) is 11.8 Å². The van der Waals surface area contributed by atoms with Crippen molar-refractivity contribution in [3.8, 4) is 0 Å². The van der Waals surface area contributed by atoms with Crippen molar-refractivity contribution in [3.05, 3.63) is 30.2 Å². The van der Waals surface area contributed by atoms with Gasteiger partial charge in [-0.15, -0.1) is 0 Å². The van der Waals surface area contributed by atoms with E-state index in [1.54, 1.807) is 6.20 Å². The van der Waals surface area contributed by atoms with Gasteiger partial charge in [0.2, 0.25) is 5.91 Å². The van der Waals surface area contributed by atoms with Crippen LogP contribution in [0.4, 0.5) is 5.69 Å². The quantitative estimate of drug-likeness (QED) is 0.897. The Bertz CT molecular complexity index is 600. The van der Waals surface area contributed by atoms with Gasteiger partial charge in [0.05, 0.1) is 18.2 Å². The predicted molar refractivity (Wildman–Crippen MR) is 72.1 cm³/mol. The number of pyridine rings is 1. The van der Waals surface area contributed by atoms with Crippen molar-refractivity contribution in [1.29, 1.82) is 0 Å². The largest absolute Gasteiger partial charge is 0.381 e. The lowest BCUT2D eigenvalue weighted by molar-refractivity contribution is -0.123. The van der Waals surface area contributed by atoms with Crippen LogP contribution in [0.15, 0.2) is 24.7 Å². The maximum atomic E-state index is 12.1. The van der Waals surface area contributed by atoms with E-state index < -0.39 is 0 Å². The number of carbonyl (C=O) groups excluding carboxylic acids is 1. The Morgan fingerprint density at radius 1 is 1.58 bits per heavy atom. The molecule has 0 spiro atoms. The molecule has 1 aliphatic rings. The normalized spacial score (nSPS) is 19.5. The van der Waals surface area contributed by atoms with Crippen molar-refractivity contribution in [3.63, 3.8) is 0 Å². The van der Waals surface area contributed by atoms with Crippen LogP contribution < -0.4 is 5.32 Å². The van der Waals surface area contributed by atoms with Crippen LogP contribution in [0.25, 0.3) is 5.65 Å². The summed E-state index contributed by atoms with van der Waals surface area (Å²) < 4.78 is 7.27. The van der Waals surface area contributed by atoms with E-state index in [0.717, 1.165) is 36.3 Å². The van der Waals surface area contributed by atoms with E-state index >= 15 is 0 Å². The summed E-state index contributed by atoms with van der Waals surface area (Å²) in [5.74, 6) is 0.00565. The Morgan fingerprint density at radius 3 is 3.26 bits per heavy atom. The van der Waals surface area contributed by atoms with E-state index in [1.807, 2.05) is 29.8 Å². The Balaban J connectivity index is 1.78. The van der Waals surface area contributed by atoms with Gasteiger partial charge >= 0.3 is 0 Å². The number of nitrogens with one attached hydrogen (secondary N) is 1. The summed E-state index contributed by atoms with van der Waals surface area (Å²) in [5, 5.41) is 2.97. The molecule has 3 rings (SSSR count). The van der Waals surface area contributed by atoms with Crippen molar-refractivity contribution in [1.82, 2.24) is 9.38 Å². The number of amides is 1. The van der Waals surface area contributed by atoms with Gasteiger partial charge in [-0.25, -0.2) is 4.98 Å². The van der Waals surface area contributed by atoms with E-state index in [4.69, 9.17) is 4.74 Å². The number of anilines is 1.